The molecule has 0 aliphatic heterocycles. The van der Waals surface area contributed by atoms with Crippen LogP contribution in [0.4, 0.5) is 4.39 Å². The van der Waals surface area contributed by atoms with Crippen LogP contribution < -0.4 is 4.74 Å². The molecule has 102 valence electrons. The number of ether oxygens (including phenoxy) is 1. The summed E-state index contributed by atoms with van der Waals surface area (Å²) in [4.78, 5) is 0. The molecule has 0 saturated heterocycles. The van der Waals surface area contributed by atoms with Gasteiger partial charge >= 0.3 is 0 Å². The molecular formula is C13H19FO3S. The largest absolute Gasteiger partial charge is 0.489 e. The maximum atomic E-state index is 13.3. The highest BCUT2D eigenvalue weighted by Crippen LogP contribution is 2.20. The molecule has 3 nitrogen and oxygen atoms in total. The van der Waals surface area contributed by atoms with E-state index in [-0.39, 0.29) is 18.1 Å². The van der Waals surface area contributed by atoms with Crippen LogP contribution >= 0.6 is 0 Å². The molecule has 0 N–H and O–H groups in total. The fourth-order valence-corrected chi connectivity index (χ4v) is 2.20. The van der Waals surface area contributed by atoms with Gasteiger partial charge in [-0.05, 0) is 45.4 Å². The summed E-state index contributed by atoms with van der Waals surface area (Å²) in [5.74, 6) is -0.503. The Balaban J connectivity index is 2.65. The zero-order valence-electron chi connectivity index (χ0n) is 11.2. The normalized spacial score (nSPS) is 12.5. The van der Waals surface area contributed by atoms with Gasteiger partial charge in [0.2, 0.25) is 0 Å². The molecule has 0 unspecified atom stereocenters. The molecule has 0 aliphatic carbocycles. The summed E-state index contributed by atoms with van der Waals surface area (Å²) in [6, 6.07) is 4.50. The highest BCUT2D eigenvalue weighted by molar-refractivity contribution is 7.92. The van der Waals surface area contributed by atoms with Crippen LogP contribution in [0, 0.1) is 12.7 Å². The molecule has 0 amide bonds. The smallest absolute Gasteiger partial charge is 0.165 e. The Labute approximate surface area is 108 Å². The summed E-state index contributed by atoms with van der Waals surface area (Å²) >= 11 is 0. The second-order valence-corrected chi connectivity index (χ2v) is 8.08. The van der Waals surface area contributed by atoms with Crippen LogP contribution in [0.2, 0.25) is 0 Å². The van der Waals surface area contributed by atoms with E-state index in [1.165, 1.54) is 6.07 Å². The lowest BCUT2D eigenvalue weighted by Gasteiger charge is -2.19. The summed E-state index contributed by atoms with van der Waals surface area (Å²) in [6.07, 6.45) is 0. The monoisotopic (exact) mass is 274 g/mol. The Morgan fingerprint density at radius 2 is 1.89 bits per heavy atom. The van der Waals surface area contributed by atoms with E-state index in [0.29, 0.717) is 0 Å². The topological polar surface area (TPSA) is 43.4 Å². The highest BCUT2D eigenvalue weighted by Gasteiger charge is 2.28. The first-order valence-electron chi connectivity index (χ1n) is 5.75. The molecule has 0 saturated carbocycles. The van der Waals surface area contributed by atoms with Gasteiger partial charge in [-0.15, -0.1) is 0 Å². The van der Waals surface area contributed by atoms with E-state index in [0.717, 1.165) is 5.56 Å². The summed E-state index contributed by atoms with van der Waals surface area (Å²) < 4.78 is 41.4. The number of hydrogen-bond donors (Lipinski definition) is 0. The van der Waals surface area contributed by atoms with Crippen LogP contribution in [0.15, 0.2) is 18.2 Å². The van der Waals surface area contributed by atoms with Gasteiger partial charge in [0, 0.05) is 0 Å². The number of rotatable bonds is 4. The average molecular weight is 274 g/mol. The van der Waals surface area contributed by atoms with E-state index in [1.807, 2.05) is 6.92 Å². The van der Waals surface area contributed by atoms with Crippen LogP contribution in [0.5, 0.6) is 5.75 Å². The minimum absolute atomic E-state index is 0.0417. The first kappa shape index (κ1) is 15.0. The molecule has 0 bridgehead atoms. The highest BCUT2D eigenvalue weighted by atomic mass is 32.2. The molecule has 18 heavy (non-hydrogen) atoms. The zero-order chi connectivity index (χ0) is 14.0. The first-order chi connectivity index (χ1) is 8.13. The molecule has 5 heteroatoms. The van der Waals surface area contributed by atoms with Crippen LogP contribution in [0.3, 0.4) is 0 Å². The van der Waals surface area contributed by atoms with Crippen LogP contribution in [-0.4, -0.2) is 25.5 Å². The third-order valence-electron chi connectivity index (χ3n) is 2.63. The number of aryl methyl sites for hydroxylation is 1. The Morgan fingerprint density at radius 1 is 1.28 bits per heavy atom. The molecule has 1 aromatic carbocycles. The molecule has 0 fully saturated rings. The van der Waals surface area contributed by atoms with Crippen molar-refractivity contribution in [3.05, 3.63) is 29.6 Å². The van der Waals surface area contributed by atoms with Crippen LogP contribution in [-0.2, 0) is 9.84 Å². The van der Waals surface area contributed by atoms with Crippen molar-refractivity contribution in [3.63, 3.8) is 0 Å². The van der Waals surface area contributed by atoms with Gasteiger partial charge in [0.05, 0.1) is 10.5 Å². The second kappa shape index (κ2) is 5.26. The van der Waals surface area contributed by atoms with E-state index < -0.39 is 20.4 Å². The molecule has 0 atom stereocenters. The third-order valence-corrected chi connectivity index (χ3v) is 5.20. The van der Waals surface area contributed by atoms with Crippen LogP contribution in [0.25, 0.3) is 0 Å². The zero-order valence-corrected chi connectivity index (χ0v) is 12.0. The van der Waals surface area contributed by atoms with Gasteiger partial charge in [-0.1, -0.05) is 6.07 Å². The lowest BCUT2D eigenvalue weighted by Crippen LogP contribution is -2.32. The van der Waals surface area contributed by atoms with E-state index >= 15 is 0 Å². The predicted molar refractivity (Wildman–Crippen MR) is 70.2 cm³/mol. The molecular weight excluding hydrogens is 255 g/mol. The fraction of sp³-hybridized carbons (Fsp3) is 0.538. The van der Waals surface area contributed by atoms with Crippen molar-refractivity contribution in [1.82, 2.24) is 0 Å². The van der Waals surface area contributed by atoms with Gasteiger partial charge in [0.25, 0.3) is 0 Å². The summed E-state index contributed by atoms with van der Waals surface area (Å²) in [6.45, 7) is 6.68. The number of halogens is 1. The maximum Gasteiger partial charge on any atom is 0.165 e. The Kier molecular flexibility index (Phi) is 4.37. The quantitative estimate of drug-likeness (QED) is 0.848. The van der Waals surface area contributed by atoms with Crippen molar-refractivity contribution in [2.75, 3.05) is 12.4 Å². The van der Waals surface area contributed by atoms with Crippen molar-refractivity contribution in [3.8, 4) is 5.75 Å². The fourth-order valence-electron chi connectivity index (χ4n) is 1.29. The van der Waals surface area contributed by atoms with Crippen molar-refractivity contribution in [1.29, 1.82) is 0 Å². The van der Waals surface area contributed by atoms with Gasteiger partial charge in [0.15, 0.2) is 21.4 Å². The van der Waals surface area contributed by atoms with E-state index in [1.54, 1.807) is 32.9 Å². The standard InChI is InChI=1S/C13H19FO3S/c1-10-5-6-11(14)12(9-10)17-7-8-18(15,16)13(2,3)4/h5-6,9H,7-8H2,1-4H3. The molecule has 0 aromatic heterocycles. The SMILES string of the molecule is Cc1ccc(F)c(OCCS(=O)(=O)C(C)(C)C)c1. The van der Waals surface area contributed by atoms with Gasteiger partial charge < -0.3 is 4.74 Å². The van der Waals surface area contributed by atoms with Crippen molar-refractivity contribution >= 4 is 9.84 Å². The van der Waals surface area contributed by atoms with Crippen molar-refractivity contribution in [2.24, 2.45) is 0 Å². The molecule has 0 radical (unpaired) electrons. The van der Waals surface area contributed by atoms with Gasteiger partial charge in [-0.2, -0.15) is 0 Å². The number of benzene rings is 1. The molecule has 0 aliphatic rings. The summed E-state index contributed by atoms with van der Waals surface area (Å²) in [5, 5.41) is 0. The Bertz CT molecular complexity index is 516. The lowest BCUT2D eigenvalue weighted by atomic mass is 10.2. The number of sulfone groups is 1. The lowest BCUT2D eigenvalue weighted by molar-refractivity contribution is 0.321. The molecule has 1 aromatic rings. The van der Waals surface area contributed by atoms with E-state index in [2.05, 4.69) is 0 Å². The molecule has 0 spiro atoms. The minimum Gasteiger partial charge on any atom is -0.489 e. The van der Waals surface area contributed by atoms with Gasteiger partial charge in [-0.25, -0.2) is 12.8 Å². The molecule has 1 rings (SSSR count). The summed E-state index contributed by atoms with van der Waals surface area (Å²) in [7, 11) is -3.24. The van der Waals surface area contributed by atoms with E-state index in [9.17, 15) is 12.8 Å². The van der Waals surface area contributed by atoms with Crippen molar-refractivity contribution < 1.29 is 17.5 Å². The Morgan fingerprint density at radius 3 is 2.44 bits per heavy atom. The van der Waals surface area contributed by atoms with Gasteiger partial charge in [0.1, 0.15) is 6.61 Å². The predicted octanol–water partition coefficient (Wildman–Crippen LogP) is 2.73. The second-order valence-electron chi connectivity index (χ2n) is 5.21. The molecule has 0 heterocycles. The third kappa shape index (κ3) is 3.70. The number of hydrogen-bond acceptors (Lipinski definition) is 3. The first-order valence-corrected chi connectivity index (χ1v) is 7.40. The van der Waals surface area contributed by atoms with Crippen molar-refractivity contribution in [2.45, 2.75) is 32.4 Å². The maximum absolute atomic E-state index is 13.3. The van der Waals surface area contributed by atoms with Gasteiger partial charge in [-0.3, -0.25) is 0 Å². The van der Waals surface area contributed by atoms with E-state index in [4.69, 9.17) is 4.74 Å². The average Bonchev–Trinajstić information content (AvgIpc) is 2.21. The van der Waals surface area contributed by atoms with Crippen LogP contribution in [0.1, 0.15) is 26.3 Å². The minimum atomic E-state index is -3.24. The Hall–Kier alpha value is -1.10. The summed E-state index contributed by atoms with van der Waals surface area (Å²) in [5.41, 5.74) is 0.866.